The first kappa shape index (κ1) is 42.8. The van der Waals surface area contributed by atoms with Crippen LogP contribution in [0.4, 0.5) is 0 Å². The molecule has 2 atom stereocenters. The second kappa shape index (κ2) is 28.4. The van der Waals surface area contributed by atoms with Gasteiger partial charge in [0.2, 0.25) is 5.51 Å². The standard InChI is InChI=1S/C33H62NO2S.C7H8O3S/c1-2-3-4-5-6-7-8-9-10-11-12-13-14-17-20-23-32-28-33(36-29-32)30-35-26-22-19-16-15-18-21-24-34-25-27-37-31-34;1-6-2-4-7(5-3-6)11(8,9)10/h25,27,31-33H,2-24,26,28-30H2,1H3;2-5H,1H3,(H,8,9,10)/q+1;/p-1. The Kier molecular flexibility index (Phi) is 25.3. The van der Waals surface area contributed by atoms with Gasteiger partial charge < -0.3 is 14.0 Å². The molecule has 1 aliphatic heterocycles. The molecule has 0 saturated carbocycles. The van der Waals surface area contributed by atoms with E-state index in [4.69, 9.17) is 9.47 Å². The fourth-order valence-electron chi connectivity index (χ4n) is 6.42. The molecule has 1 aromatic heterocycles. The third-order valence-electron chi connectivity index (χ3n) is 9.48. The Morgan fingerprint density at radius 3 is 1.88 bits per heavy atom. The molecular weight excluding hydrogens is 639 g/mol. The quantitative estimate of drug-likeness (QED) is 0.0500. The van der Waals surface area contributed by atoms with Gasteiger partial charge in [-0.15, -0.1) is 0 Å². The summed E-state index contributed by atoms with van der Waals surface area (Å²) in [5, 5.41) is 2.15. The van der Waals surface area contributed by atoms with Gasteiger partial charge >= 0.3 is 0 Å². The zero-order chi connectivity index (χ0) is 34.5. The van der Waals surface area contributed by atoms with Crippen LogP contribution in [-0.4, -0.2) is 38.9 Å². The van der Waals surface area contributed by atoms with Gasteiger partial charge in [0, 0.05) is 19.6 Å². The van der Waals surface area contributed by atoms with Crippen LogP contribution in [0.3, 0.4) is 0 Å². The average molecular weight is 708 g/mol. The van der Waals surface area contributed by atoms with Crippen LogP contribution in [0.2, 0.25) is 0 Å². The lowest BCUT2D eigenvalue weighted by Crippen LogP contribution is -2.29. The van der Waals surface area contributed by atoms with Gasteiger partial charge in [0.1, 0.15) is 16.7 Å². The van der Waals surface area contributed by atoms with Gasteiger partial charge in [0.25, 0.3) is 0 Å². The number of aryl methyl sites for hydroxylation is 2. The molecule has 6 nitrogen and oxygen atoms in total. The maximum atomic E-state index is 10.4. The minimum Gasteiger partial charge on any atom is -0.744 e. The number of nitrogens with zero attached hydrogens (tertiary/aromatic N) is 1. The van der Waals surface area contributed by atoms with E-state index in [1.165, 1.54) is 166 Å². The summed E-state index contributed by atoms with van der Waals surface area (Å²) in [6, 6.07) is 5.78. The summed E-state index contributed by atoms with van der Waals surface area (Å²) >= 11 is 1.78. The molecule has 2 unspecified atom stereocenters. The van der Waals surface area contributed by atoms with Crippen molar-refractivity contribution in [3.05, 3.63) is 46.9 Å². The minimum atomic E-state index is -4.27. The average Bonchev–Trinajstić information content (AvgIpc) is 3.76. The van der Waals surface area contributed by atoms with Crippen LogP contribution in [0.5, 0.6) is 0 Å². The molecule has 48 heavy (non-hydrogen) atoms. The number of hydrogen-bond acceptors (Lipinski definition) is 6. The topological polar surface area (TPSA) is 79.5 Å². The number of hydrogen-bond donors (Lipinski definition) is 0. The predicted molar refractivity (Wildman–Crippen MR) is 200 cm³/mol. The van der Waals surface area contributed by atoms with E-state index in [2.05, 4.69) is 28.6 Å². The Labute approximate surface area is 299 Å². The van der Waals surface area contributed by atoms with E-state index in [-0.39, 0.29) is 4.90 Å². The van der Waals surface area contributed by atoms with Gasteiger partial charge in [0.15, 0.2) is 6.20 Å². The highest BCUT2D eigenvalue weighted by Gasteiger charge is 2.25. The summed E-state index contributed by atoms with van der Waals surface area (Å²) < 4.78 is 45.4. The van der Waals surface area contributed by atoms with E-state index < -0.39 is 10.1 Å². The maximum absolute atomic E-state index is 10.4. The molecule has 1 aliphatic rings. The van der Waals surface area contributed by atoms with Crippen molar-refractivity contribution < 1.29 is 27.0 Å². The first-order chi connectivity index (χ1) is 23.4. The molecule has 2 heterocycles. The van der Waals surface area contributed by atoms with Gasteiger partial charge in [-0.3, -0.25) is 0 Å². The predicted octanol–water partition coefficient (Wildman–Crippen LogP) is 11.0. The summed E-state index contributed by atoms with van der Waals surface area (Å²) in [4.78, 5) is -0.178. The highest BCUT2D eigenvalue weighted by atomic mass is 32.2. The van der Waals surface area contributed by atoms with Crippen LogP contribution in [-0.2, 0) is 26.1 Å². The highest BCUT2D eigenvalue weighted by Crippen LogP contribution is 2.25. The number of ether oxygens (including phenoxy) is 2. The van der Waals surface area contributed by atoms with Crippen molar-refractivity contribution in [3.63, 3.8) is 0 Å². The molecule has 3 rings (SSSR count). The van der Waals surface area contributed by atoms with Crippen molar-refractivity contribution in [1.29, 1.82) is 0 Å². The van der Waals surface area contributed by atoms with Gasteiger partial charge in [0.05, 0.1) is 23.0 Å². The van der Waals surface area contributed by atoms with Crippen molar-refractivity contribution in [1.82, 2.24) is 0 Å². The van der Waals surface area contributed by atoms with Gasteiger partial charge in [-0.05, 0) is 50.7 Å². The molecule has 0 radical (unpaired) electrons. The Morgan fingerprint density at radius 2 is 1.33 bits per heavy atom. The van der Waals surface area contributed by atoms with Crippen molar-refractivity contribution in [2.75, 3.05) is 19.8 Å². The fraction of sp³-hybridized carbons (Fsp3) is 0.775. The van der Waals surface area contributed by atoms with Crippen molar-refractivity contribution in [2.24, 2.45) is 5.92 Å². The first-order valence-electron chi connectivity index (χ1n) is 19.5. The molecule has 8 heteroatoms. The van der Waals surface area contributed by atoms with Gasteiger partial charge in [-0.1, -0.05) is 152 Å². The van der Waals surface area contributed by atoms with E-state index in [9.17, 15) is 13.0 Å². The zero-order valence-corrected chi connectivity index (χ0v) is 32.2. The Hall–Kier alpha value is -1.32. The summed E-state index contributed by atoms with van der Waals surface area (Å²) in [6.07, 6.45) is 34.7. The summed E-state index contributed by atoms with van der Waals surface area (Å²) in [6.45, 7) is 7.99. The molecule has 1 fully saturated rings. The third kappa shape index (κ3) is 23.2. The van der Waals surface area contributed by atoms with Crippen LogP contribution in [0.1, 0.15) is 160 Å². The SMILES string of the molecule is CCCCCCCCCCCCCCCCCC1COC(COCCCCCCCC[n+]2ccsc2)C1.Cc1ccc(S(=O)(=O)[O-])cc1. The number of thiazole rings is 1. The van der Waals surface area contributed by atoms with Crippen LogP contribution >= 0.6 is 11.3 Å². The third-order valence-corrected chi connectivity index (χ3v) is 11.0. The lowest BCUT2D eigenvalue weighted by atomic mass is 9.97. The van der Waals surface area contributed by atoms with Crippen molar-refractivity contribution in [2.45, 2.75) is 179 Å². The summed E-state index contributed by atoms with van der Waals surface area (Å²) in [5.41, 5.74) is 3.13. The van der Waals surface area contributed by atoms with Crippen LogP contribution in [0.15, 0.2) is 46.2 Å². The molecule has 0 aliphatic carbocycles. The van der Waals surface area contributed by atoms with Crippen LogP contribution in [0.25, 0.3) is 0 Å². The van der Waals surface area contributed by atoms with E-state index >= 15 is 0 Å². The van der Waals surface area contributed by atoms with Gasteiger partial charge in [-0.25, -0.2) is 8.42 Å². The molecule has 2 aromatic rings. The lowest BCUT2D eigenvalue weighted by Gasteiger charge is -2.10. The van der Waals surface area contributed by atoms with E-state index in [1.54, 1.807) is 23.5 Å². The molecule has 276 valence electrons. The van der Waals surface area contributed by atoms with E-state index in [1.807, 2.05) is 6.92 Å². The smallest absolute Gasteiger partial charge is 0.224 e. The van der Waals surface area contributed by atoms with Crippen molar-refractivity contribution >= 4 is 21.5 Å². The van der Waals surface area contributed by atoms with E-state index in [0.717, 1.165) is 31.3 Å². The molecule has 0 bridgehead atoms. The number of rotatable bonds is 28. The monoisotopic (exact) mass is 707 g/mol. The minimum absolute atomic E-state index is 0.178. The molecule has 0 amide bonds. The van der Waals surface area contributed by atoms with Crippen LogP contribution in [0, 0.1) is 12.8 Å². The molecule has 1 saturated heterocycles. The van der Waals surface area contributed by atoms with Crippen LogP contribution < -0.4 is 4.57 Å². The van der Waals surface area contributed by atoms with E-state index in [0.29, 0.717) is 6.10 Å². The highest BCUT2D eigenvalue weighted by molar-refractivity contribution is 7.85. The summed E-state index contributed by atoms with van der Waals surface area (Å²) in [7, 11) is -4.27. The summed E-state index contributed by atoms with van der Waals surface area (Å²) in [5.74, 6) is 0.780. The first-order valence-corrected chi connectivity index (χ1v) is 21.9. The largest absolute Gasteiger partial charge is 0.744 e. The normalized spacial score (nSPS) is 16.2. The molecule has 1 aromatic carbocycles. The molecule has 0 spiro atoms. The Balaban J connectivity index is 0.000000613. The molecule has 0 N–H and O–H groups in total. The maximum Gasteiger partial charge on any atom is 0.224 e. The second-order valence-corrected chi connectivity index (χ2v) is 16.2. The van der Waals surface area contributed by atoms with Crippen molar-refractivity contribution in [3.8, 4) is 0 Å². The zero-order valence-electron chi connectivity index (χ0n) is 30.6. The number of aromatic nitrogens is 1. The number of unbranched alkanes of at least 4 members (excludes halogenated alkanes) is 19. The van der Waals surface area contributed by atoms with Gasteiger partial charge in [-0.2, -0.15) is 4.57 Å². The Morgan fingerprint density at radius 1 is 0.792 bits per heavy atom. The lowest BCUT2D eigenvalue weighted by molar-refractivity contribution is -0.692. The molecular formula is C40H69NO5S2. The fourth-order valence-corrected chi connectivity index (χ4v) is 7.51. The number of benzene rings is 1. The second-order valence-electron chi connectivity index (χ2n) is 14.0. The Bertz CT molecular complexity index is 1090.